The Bertz CT molecular complexity index is 754. The van der Waals surface area contributed by atoms with Crippen LogP contribution in [-0.4, -0.2) is 42.4 Å². The number of ether oxygens (including phenoxy) is 2. The van der Waals surface area contributed by atoms with Gasteiger partial charge in [0, 0.05) is 18.2 Å². The fourth-order valence-electron chi connectivity index (χ4n) is 4.10. The van der Waals surface area contributed by atoms with Crippen LogP contribution in [0.3, 0.4) is 0 Å². The third-order valence-corrected chi connectivity index (χ3v) is 5.43. The number of nitrogens with one attached hydrogen (secondary N) is 1. The summed E-state index contributed by atoms with van der Waals surface area (Å²) in [5.74, 6) is 0.395. The monoisotopic (exact) mass is 358 g/mol. The molecule has 2 aliphatic heterocycles. The van der Waals surface area contributed by atoms with E-state index >= 15 is 0 Å². The van der Waals surface area contributed by atoms with E-state index in [0.717, 1.165) is 37.0 Å². The molecule has 4 rings (SSSR count). The van der Waals surface area contributed by atoms with E-state index < -0.39 is 11.3 Å². The van der Waals surface area contributed by atoms with Gasteiger partial charge >= 0.3 is 0 Å². The van der Waals surface area contributed by atoms with Crippen LogP contribution in [0.15, 0.2) is 18.2 Å². The maximum absolute atomic E-state index is 12.8. The van der Waals surface area contributed by atoms with Crippen LogP contribution in [0, 0.1) is 5.41 Å². The minimum atomic E-state index is -0.563. The Kier molecular flexibility index (Phi) is 4.30. The maximum atomic E-state index is 12.8. The molecule has 0 atom stereocenters. The normalized spacial score (nSPS) is 21.2. The van der Waals surface area contributed by atoms with E-state index in [4.69, 9.17) is 9.47 Å². The van der Waals surface area contributed by atoms with E-state index in [1.165, 1.54) is 0 Å². The maximum Gasteiger partial charge on any atom is 0.244 e. The number of fused-ring (bicyclic) bond motifs is 1. The Hall–Kier alpha value is -2.57. The molecule has 1 aliphatic carbocycles. The van der Waals surface area contributed by atoms with Crippen molar-refractivity contribution in [1.29, 1.82) is 0 Å². The highest BCUT2D eigenvalue weighted by Gasteiger charge is 2.51. The molecule has 2 heterocycles. The van der Waals surface area contributed by atoms with Crippen LogP contribution >= 0.6 is 0 Å². The first-order valence-corrected chi connectivity index (χ1v) is 9.12. The summed E-state index contributed by atoms with van der Waals surface area (Å²) in [6.45, 7) is 0.719. The zero-order valence-electron chi connectivity index (χ0n) is 14.6. The number of nitrogens with zero attached hydrogens (tertiary/aromatic N) is 1. The van der Waals surface area contributed by atoms with Gasteiger partial charge in [-0.05, 0) is 25.0 Å². The van der Waals surface area contributed by atoms with Gasteiger partial charge in [0.05, 0.1) is 5.41 Å². The molecule has 1 N–H and O–H groups in total. The molecule has 2 fully saturated rings. The van der Waals surface area contributed by atoms with Crippen molar-refractivity contribution < 1.29 is 23.9 Å². The molecular weight excluding hydrogens is 336 g/mol. The molecule has 0 unspecified atom stereocenters. The van der Waals surface area contributed by atoms with E-state index in [1.807, 2.05) is 0 Å². The number of carbonyl (C=O) groups excluding carboxylic acids is 3. The number of likely N-dealkylation sites (tertiary alicyclic amines) is 1. The molecule has 138 valence electrons. The van der Waals surface area contributed by atoms with Crippen molar-refractivity contribution in [1.82, 2.24) is 4.90 Å². The fourth-order valence-corrected chi connectivity index (χ4v) is 4.10. The molecule has 26 heavy (non-hydrogen) atoms. The first kappa shape index (κ1) is 16.9. The van der Waals surface area contributed by atoms with Gasteiger partial charge in [0.25, 0.3) is 0 Å². The van der Waals surface area contributed by atoms with Crippen molar-refractivity contribution >= 4 is 23.4 Å². The van der Waals surface area contributed by atoms with Gasteiger partial charge in [-0.15, -0.1) is 0 Å². The lowest BCUT2D eigenvalue weighted by molar-refractivity contribution is -0.144. The van der Waals surface area contributed by atoms with Crippen molar-refractivity contribution in [3.05, 3.63) is 18.2 Å². The Balaban J connectivity index is 1.42. The summed E-state index contributed by atoms with van der Waals surface area (Å²) in [5.41, 5.74) is -0.0159. The predicted octanol–water partition coefficient (Wildman–Crippen LogP) is 2.11. The van der Waals surface area contributed by atoms with E-state index in [2.05, 4.69) is 5.32 Å². The number of anilines is 1. The molecule has 0 aromatic heterocycles. The molecule has 1 saturated heterocycles. The molecule has 1 spiro atoms. The average molecular weight is 358 g/mol. The number of amides is 3. The van der Waals surface area contributed by atoms with Gasteiger partial charge in [0.2, 0.25) is 17.7 Å². The minimum Gasteiger partial charge on any atom is -0.486 e. The highest BCUT2D eigenvalue weighted by Crippen LogP contribution is 2.45. The highest BCUT2D eigenvalue weighted by molar-refractivity contribution is 6.09. The van der Waals surface area contributed by atoms with Crippen molar-refractivity contribution in [2.45, 2.75) is 38.5 Å². The Morgan fingerprint density at radius 2 is 1.81 bits per heavy atom. The van der Waals surface area contributed by atoms with Crippen LogP contribution in [0.5, 0.6) is 11.5 Å². The van der Waals surface area contributed by atoms with E-state index in [0.29, 0.717) is 30.4 Å². The third-order valence-electron chi connectivity index (χ3n) is 5.43. The van der Waals surface area contributed by atoms with Crippen molar-refractivity contribution in [2.24, 2.45) is 5.41 Å². The van der Waals surface area contributed by atoms with Crippen molar-refractivity contribution in [3.63, 3.8) is 0 Å². The van der Waals surface area contributed by atoms with Gasteiger partial charge in [-0.2, -0.15) is 0 Å². The fraction of sp³-hybridized carbons (Fsp3) is 0.526. The number of benzene rings is 1. The van der Waals surface area contributed by atoms with E-state index in [9.17, 15) is 14.4 Å². The number of hydrogen-bond acceptors (Lipinski definition) is 5. The summed E-state index contributed by atoms with van der Waals surface area (Å²) in [5, 5.41) is 2.73. The van der Waals surface area contributed by atoms with Crippen molar-refractivity contribution in [3.8, 4) is 11.5 Å². The second-order valence-electron chi connectivity index (χ2n) is 7.21. The van der Waals surface area contributed by atoms with Crippen molar-refractivity contribution in [2.75, 3.05) is 25.1 Å². The smallest absolute Gasteiger partial charge is 0.244 e. The zero-order valence-corrected chi connectivity index (χ0v) is 14.6. The Labute approximate surface area is 151 Å². The van der Waals surface area contributed by atoms with E-state index in [-0.39, 0.29) is 24.8 Å². The predicted molar refractivity (Wildman–Crippen MR) is 92.9 cm³/mol. The first-order valence-electron chi connectivity index (χ1n) is 9.12. The van der Waals surface area contributed by atoms with E-state index in [1.54, 1.807) is 18.2 Å². The molecule has 1 aromatic carbocycles. The molecule has 1 aromatic rings. The Morgan fingerprint density at radius 1 is 1.08 bits per heavy atom. The SMILES string of the molecule is O=C(CN1C(=O)CC2(CCCCC2)C1=O)Nc1ccc2c(c1)OCCO2. The van der Waals surface area contributed by atoms with Crippen LogP contribution in [0.2, 0.25) is 0 Å². The molecule has 3 aliphatic rings. The van der Waals surface area contributed by atoms with Crippen LogP contribution in [-0.2, 0) is 14.4 Å². The number of carbonyl (C=O) groups is 3. The van der Waals surface area contributed by atoms with Gasteiger partial charge in [-0.25, -0.2) is 0 Å². The van der Waals surface area contributed by atoms with Gasteiger partial charge in [-0.3, -0.25) is 19.3 Å². The minimum absolute atomic E-state index is 0.181. The summed E-state index contributed by atoms with van der Waals surface area (Å²) in [6.07, 6.45) is 4.78. The van der Waals surface area contributed by atoms with Gasteiger partial charge in [-0.1, -0.05) is 19.3 Å². The number of hydrogen-bond donors (Lipinski definition) is 1. The quantitative estimate of drug-likeness (QED) is 0.837. The highest BCUT2D eigenvalue weighted by atomic mass is 16.6. The molecule has 0 bridgehead atoms. The van der Waals surface area contributed by atoms with Crippen LogP contribution in [0.1, 0.15) is 38.5 Å². The van der Waals surface area contributed by atoms with Crippen LogP contribution in [0.4, 0.5) is 5.69 Å². The lowest BCUT2D eigenvalue weighted by atomic mass is 9.73. The summed E-state index contributed by atoms with van der Waals surface area (Å²) in [4.78, 5) is 38.6. The molecule has 7 heteroatoms. The second-order valence-corrected chi connectivity index (χ2v) is 7.21. The lowest BCUT2D eigenvalue weighted by Crippen LogP contribution is -2.41. The second kappa shape index (κ2) is 6.63. The van der Waals surface area contributed by atoms with Gasteiger partial charge in [0.15, 0.2) is 11.5 Å². The standard InChI is InChI=1S/C19H22N2O5/c22-16(20-13-4-5-14-15(10-13)26-9-8-25-14)12-21-17(23)11-19(18(21)24)6-2-1-3-7-19/h4-5,10H,1-3,6-9,11-12H2,(H,20,22). The summed E-state index contributed by atoms with van der Waals surface area (Å²) >= 11 is 0. The van der Waals surface area contributed by atoms with Crippen LogP contribution in [0.25, 0.3) is 0 Å². The van der Waals surface area contributed by atoms with Gasteiger partial charge in [0.1, 0.15) is 19.8 Å². The third kappa shape index (κ3) is 3.02. The molecule has 7 nitrogen and oxygen atoms in total. The molecule has 3 amide bonds. The zero-order chi connectivity index (χ0) is 18.1. The number of rotatable bonds is 3. The summed E-state index contributed by atoms with van der Waals surface area (Å²) < 4.78 is 10.9. The molecule has 1 saturated carbocycles. The molecule has 0 radical (unpaired) electrons. The summed E-state index contributed by atoms with van der Waals surface area (Å²) in [6, 6.07) is 5.12. The average Bonchev–Trinajstić information content (AvgIpc) is 2.86. The number of imide groups is 1. The van der Waals surface area contributed by atoms with Crippen LogP contribution < -0.4 is 14.8 Å². The molecular formula is C19H22N2O5. The largest absolute Gasteiger partial charge is 0.486 e. The first-order chi connectivity index (χ1) is 12.6. The summed E-state index contributed by atoms with van der Waals surface area (Å²) in [7, 11) is 0. The Morgan fingerprint density at radius 3 is 2.58 bits per heavy atom. The topological polar surface area (TPSA) is 84.9 Å². The lowest BCUT2D eigenvalue weighted by Gasteiger charge is -2.30. The van der Waals surface area contributed by atoms with Gasteiger partial charge < -0.3 is 14.8 Å².